The van der Waals surface area contributed by atoms with E-state index in [-0.39, 0.29) is 36.7 Å². The van der Waals surface area contributed by atoms with Gasteiger partial charge in [0.1, 0.15) is 0 Å². The van der Waals surface area contributed by atoms with Gasteiger partial charge < -0.3 is 19.8 Å². The van der Waals surface area contributed by atoms with Crippen molar-refractivity contribution in [1.29, 1.82) is 0 Å². The number of benzene rings is 1. The molecular formula is C23H26N2O4. The molecule has 1 aliphatic carbocycles. The Bertz CT molecular complexity index is 974. The Morgan fingerprint density at radius 1 is 1.21 bits per heavy atom. The van der Waals surface area contributed by atoms with Crippen molar-refractivity contribution in [2.75, 3.05) is 24.6 Å². The number of carbonyl (C=O) groups excluding carboxylic acids is 1. The molecule has 1 aromatic carbocycles. The summed E-state index contributed by atoms with van der Waals surface area (Å²) in [4.78, 5) is 18.1. The molecule has 5 heterocycles. The van der Waals surface area contributed by atoms with E-state index in [9.17, 15) is 15.0 Å². The summed E-state index contributed by atoms with van der Waals surface area (Å²) < 4.78 is 6.26. The zero-order valence-electron chi connectivity index (χ0n) is 16.4. The molecule has 1 aromatic rings. The highest BCUT2D eigenvalue weighted by Crippen LogP contribution is 2.65. The third-order valence-electron chi connectivity index (χ3n) is 8.97. The van der Waals surface area contributed by atoms with Crippen LogP contribution < -0.4 is 4.90 Å². The van der Waals surface area contributed by atoms with Crippen LogP contribution in [-0.2, 0) is 28.2 Å². The second-order valence-electron chi connectivity index (χ2n) is 9.71. The molecule has 5 aliphatic heterocycles. The van der Waals surface area contributed by atoms with E-state index in [1.807, 2.05) is 6.07 Å². The number of carbonyl (C=O) groups is 1. The minimum Gasteiger partial charge on any atom is -0.392 e. The maximum Gasteiger partial charge on any atom is 0.229 e. The zero-order valence-corrected chi connectivity index (χ0v) is 16.4. The van der Waals surface area contributed by atoms with Crippen LogP contribution in [0.25, 0.3) is 0 Å². The van der Waals surface area contributed by atoms with Crippen LogP contribution in [0.15, 0.2) is 23.8 Å². The van der Waals surface area contributed by atoms with Crippen LogP contribution >= 0.6 is 0 Å². The summed E-state index contributed by atoms with van der Waals surface area (Å²) in [5.74, 6) is 0.983. The molecule has 4 fully saturated rings. The Morgan fingerprint density at radius 2 is 2.03 bits per heavy atom. The van der Waals surface area contributed by atoms with Crippen LogP contribution in [0, 0.1) is 11.8 Å². The number of amides is 1. The molecule has 0 aromatic heterocycles. The maximum atomic E-state index is 13.4. The molecule has 3 saturated heterocycles. The third-order valence-corrected chi connectivity index (χ3v) is 8.97. The SMILES string of the molecule is O=C1CC2OCC=C3CN4CC[C@]56c7cc(CO)c(CO)cc7N1[C@H]5[C@H]2[C@H]3C[C@H]46. The summed E-state index contributed by atoms with van der Waals surface area (Å²) in [6.07, 6.45) is 4.92. The van der Waals surface area contributed by atoms with Gasteiger partial charge >= 0.3 is 0 Å². The number of fused-ring (bicyclic) bond motifs is 2. The lowest BCUT2D eigenvalue weighted by Crippen LogP contribution is -2.69. The fraction of sp³-hybridized carbons (Fsp3) is 0.609. The standard InChI is InChI=1S/C23H26N2O4/c26-10-13-5-16-17(6-14(13)11-27)25-20(28)8-18-21-15-7-19-23(16,22(21)25)2-3-24(19)9-12(15)1-4-29-18/h1,5-6,15,18-19,21-22,26-27H,2-4,7-11H2/t15-,18?,19-,21-,22-,23+/m0/s1. The van der Waals surface area contributed by atoms with Gasteiger partial charge in [0.2, 0.25) is 5.91 Å². The number of ether oxygens (including phenoxy) is 1. The predicted molar refractivity (Wildman–Crippen MR) is 105 cm³/mol. The molecule has 1 unspecified atom stereocenters. The summed E-state index contributed by atoms with van der Waals surface area (Å²) in [5, 5.41) is 19.8. The Hall–Kier alpha value is -1.73. The number of nitrogens with zero attached hydrogens (tertiary/aromatic N) is 2. The van der Waals surface area contributed by atoms with Crippen LogP contribution in [0.4, 0.5) is 5.69 Å². The van der Waals surface area contributed by atoms with Gasteiger partial charge in [0, 0.05) is 29.6 Å². The van der Waals surface area contributed by atoms with Crippen molar-refractivity contribution >= 4 is 11.6 Å². The quantitative estimate of drug-likeness (QED) is 0.735. The summed E-state index contributed by atoms with van der Waals surface area (Å²) in [7, 11) is 0. The number of rotatable bonds is 2. The summed E-state index contributed by atoms with van der Waals surface area (Å²) >= 11 is 0. The van der Waals surface area contributed by atoms with Crippen molar-refractivity contribution in [3.63, 3.8) is 0 Å². The van der Waals surface area contributed by atoms with Crippen molar-refractivity contribution in [1.82, 2.24) is 4.90 Å². The summed E-state index contributed by atoms with van der Waals surface area (Å²) in [6, 6.07) is 4.65. The largest absolute Gasteiger partial charge is 0.392 e. The van der Waals surface area contributed by atoms with E-state index in [0.717, 1.165) is 42.7 Å². The molecule has 7 rings (SSSR count). The Kier molecular flexibility index (Phi) is 3.22. The van der Waals surface area contributed by atoms with Gasteiger partial charge in [-0.25, -0.2) is 0 Å². The van der Waals surface area contributed by atoms with E-state index in [4.69, 9.17) is 4.74 Å². The Labute approximate surface area is 169 Å². The van der Waals surface area contributed by atoms with E-state index in [1.165, 1.54) is 11.1 Å². The molecule has 1 amide bonds. The molecule has 6 nitrogen and oxygen atoms in total. The number of hydrogen-bond donors (Lipinski definition) is 2. The van der Waals surface area contributed by atoms with Crippen molar-refractivity contribution in [3.05, 3.63) is 40.5 Å². The molecule has 2 N–H and O–H groups in total. The van der Waals surface area contributed by atoms with Crippen LogP contribution in [0.2, 0.25) is 0 Å². The molecule has 1 spiro atoms. The fourth-order valence-corrected chi connectivity index (χ4v) is 7.97. The van der Waals surface area contributed by atoms with Gasteiger partial charge in [0.05, 0.1) is 38.4 Å². The van der Waals surface area contributed by atoms with E-state index in [1.54, 1.807) is 0 Å². The number of anilines is 1. The Balaban J connectivity index is 1.52. The van der Waals surface area contributed by atoms with E-state index in [0.29, 0.717) is 30.9 Å². The zero-order chi connectivity index (χ0) is 19.5. The second-order valence-corrected chi connectivity index (χ2v) is 9.71. The first-order valence-electron chi connectivity index (χ1n) is 10.9. The average Bonchev–Trinajstić information content (AvgIpc) is 3.20. The topological polar surface area (TPSA) is 73.2 Å². The summed E-state index contributed by atoms with van der Waals surface area (Å²) in [6.45, 7) is 2.50. The van der Waals surface area contributed by atoms with E-state index >= 15 is 0 Å². The highest BCUT2D eigenvalue weighted by molar-refractivity contribution is 5.99. The monoisotopic (exact) mass is 394 g/mol. The van der Waals surface area contributed by atoms with Crippen LogP contribution in [0.5, 0.6) is 0 Å². The van der Waals surface area contributed by atoms with Crippen molar-refractivity contribution in [2.45, 2.75) is 56.1 Å². The average molecular weight is 394 g/mol. The fourth-order valence-electron chi connectivity index (χ4n) is 7.97. The molecule has 0 radical (unpaired) electrons. The lowest BCUT2D eigenvalue weighted by Gasteiger charge is -2.58. The van der Waals surface area contributed by atoms with Crippen LogP contribution in [-0.4, -0.2) is 58.9 Å². The van der Waals surface area contributed by atoms with Crippen molar-refractivity contribution in [3.8, 4) is 0 Å². The lowest BCUT2D eigenvalue weighted by molar-refractivity contribution is -0.132. The maximum absolute atomic E-state index is 13.4. The van der Waals surface area contributed by atoms with Crippen molar-refractivity contribution < 1.29 is 19.7 Å². The van der Waals surface area contributed by atoms with Crippen LogP contribution in [0.1, 0.15) is 36.0 Å². The number of aliphatic hydroxyl groups is 2. The first-order chi connectivity index (χ1) is 14.2. The first kappa shape index (κ1) is 17.0. The normalized spacial score (nSPS) is 41.3. The predicted octanol–water partition coefficient (Wildman–Crippen LogP) is 1.08. The highest BCUT2D eigenvalue weighted by Gasteiger charge is 2.71. The molecule has 6 atom stereocenters. The summed E-state index contributed by atoms with van der Waals surface area (Å²) in [5.41, 5.74) is 5.15. The van der Waals surface area contributed by atoms with Crippen molar-refractivity contribution in [2.24, 2.45) is 11.8 Å². The number of piperidine rings is 2. The van der Waals surface area contributed by atoms with Gasteiger partial charge in [-0.05, 0) is 48.1 Å². The van der Waals surface area contributed by atoms with Gasteiger partial charge in [0.25, 0.3) is 0 Å². The van der Waals surface area contributed by atoms with Gasteiger partial charge in [-0.3, -0.25) is 9.69 Å². The highest BCUT2D eigenvalue weighted by atomic mass is 16.5. The molecule has 2 bridgehead atoms. The van der Waals surface area contributed by atoms with E-state index in [2.05, 4.69) is 21.9 Å². The van der Waals surface area contributed by atoms with Gasteiger partial charge in [-0.15, -0.1) is 0 Å². The smallest absolute Gasteiger partial charge is 0.229 e. The molecule has 152 valence electrons. The minimum atomic E-state index is -0.122. The molecule has 29 heavy (non-hydrogen) atoms. The van der Waals surface area contributed by atoms with Gasteiger partial charge in [0.15, 0.2) is 0 Å². The Morgan fingerprint density at radius 3 is 2.86 bits per heavy atom. The molecular weight excluding hydrogens is 368 g/mol. The van der Waals surface area contributed by atoms with Gasteiger partial charge in [-0.2, -0.15) is 0 Å². The first-order valence-corrected chi connectivity index (χ1v) is 10.9. The lowest BCUT2D eigenvalue weighted by atomic mass is 9.53. The molecule has 6 aliphatic rings. The number of hydrogen-bond acceptors (Lipinski definition) is 5. The minimum absolute atomic E-state index is 0.00332. The van der Waals surface area contributed by atoms with Gasteiger partial charge in [-0.1, -0.05) is 17.7 Å². The number of aliphatic hydroxyl groups excluding tert-OH is 2. The molecule has 1 saturated carbocycles. The second kappa shape index (κ2) is 5.49. The molecule has 6 heteroatoms. The van der Waals surface area contributed by atoms with Crippen LogP contribution in [0.3, 0.4) is 0 Å². The third kappa shape index (κ3) is 1.82. The van der Waals surface area contributed by atoms with E-state index < -0.39 is 0 Å².